The maximum absolute atomic E-state index is 12.6. The Hall–Kier alpha value is -2.80. The van der Waals surface area contributed by atoms with Crippen LogP contribution in [-0.4, -0.2) is 46.4 Å². The molecule has 3 N–H and O–H groups in total. The number of nitrogens with zero attached hydrogens (tertiary/aromatic N) is 1. The van der Waals surface area contributed by atoms with E-state index in [0.29, 0.717) is 24.5 Å². The van der Waals surface area contributed by atoms with Crippen molar-refractivity contribution in [2.45, 2.75) is 12.1 Å². The van der Waals surface area contributed by atoms with Crippen molar-refractivity contribution in [3.8, 4) is 5.75 Å². The van der Waals surface area contributed by atoms with Gasteiger partial charge in [-0.05, 0) is 12.1 Å². The molecule has 1 saturated heterocycles. The highest BCUT2D eigenvalue weighted by Gasteiger charge is 2.32. The highest BCUT2D eigenvalue weighted by molar-refractivity contribution is 6.05. The molecule has 4 rings (SSSR count). The van der Waals surface area contributed by atoms with Gasteiger partial charge in [-0.1, -0.05) is 12.1 Å². The monoisotopic (exact) mass is 312 g/mol. The first-order valence-electron chi connectivity index (χ1n) is 7.41. The summed E-state index contributed by atoms with van der Waals surface area (Å²) in [4.78, 5) is 15.7. The van der Waals surface area contributed by atoms with E-state index in [1.807, 2.05) is 24.4 Å². The third-order valence-electron chi connectivity index (χ3n) is 3.94. The predicted octanol–water partition coefficient (Wildman–Crippen LogP) is 1.47. The van der Waals surface area contributed by atoms with Crippen LogP contribution in [0.25, 0.3) is 10.9 Å². The molecule has 1 aromatic carbocycles. The van der Waals surface area contributed by atoms with Crippen LogP contribution in [0.15, 0.2) is 42.9 Å². The summed E-state index contributed by atoms with van der Waals surface area (Å²) < 4.78 is 11.2. The van der Waals surface area contributed by atoms with Crippen molar-refractivity contribution in [1.82, 2.24) is 20.5 Å². The molecule has 3 heterocycles. The molecule has 7 heteroatoms. The summed E-state index contributed by atoms with van der Waals surface area (Å²) in [7, 11) is 0. The van der Waals surface area contributed by atoms with E-state index in [9.17, 15) is 4.79 Å². The van der Waals surface area contributed by atoms with Crippen molar-refractivity contribution in [1.29, 1.82) is 0 Å². The number of H-pyrrole nitrogens is 2. The summed E-state index contributed by atoms with van der Waals surface area (Å²) >= 11 is 0. The minimum atomic E-state index is -0.237. The molecule has 0 spiro atoms. The van der Waals surface area contributed by atoms with E-state index in [0.717, 1.165) is 10.9 Å². The second-order valence-electron chi connectivity index (χ2n) is 5.46. The Morgan fingerprint density at radius 2 is 2.30 bits per heavy atom. The number of fused-ring (bicyclic) bond motifs is 1. The zero-order valence-electron chi connectivity index (χ0n) is 12.3. The van der Waals surface area contributed by atoms with Crippen molar-refractivity contribution in [3.05, 3.63) is 48.4 Å². The Labute approximate surface area is 132 Å². The molecule has 118 valence electrons. The molecule has 23 heavy (non-hydrogen) atoms. The first-order valence-corrected chi connectivity index (χ1v) is 7.41. The first-order chi connectivity index (χ1) is 11.3. The molecule has 2 atom stereocenters. The Morgan fingerprint density at radius 1 is 1.35 bits per heavy atom. The fraction of sp³-hybridized carbons (Fsp3) is 0.250. The number of nitrogens with one attached hydrogen (secondary N) is 3. The summed E-state index contributed by atoms with van der Waals surface area (Å²) in [5, 5.41) is 10.5. The van der Waals surface area contributed by atoms with Crippen LogP contribution < -0.4 is 10.1 Å². The molecule has 0 aliphatic carbocycles. The smallest absolute Gasteiger partial charge is 0.253 e. The quantitative estimate of drug-likeness (QED) is 0.680. The number of carbonyl (C=O) groups excluding carboxylic acids is 1. The van der Waals surface area contributed by atoms with Gasteiger partial charge >= 0.3 is 0 Å². The zero-order valence-corrected chi connectivity index (χ0v) is 12.3. The van der Waals surface area contributed by atoms with E-state index >= 15 is 0 Å². The van der Waals surface area contributed by atoms with Crippen LogP contribution >= 0.6 is 0 Å². The lowest BCUT2D eigenvalue weighted by atomic mass is 10.1. The third-order valence-corrected chi connectivity index (χ3v) is 3.94. The summed E-state index contributed by atoms with van der Waals surface area (Å²) in [6.45, 7) is 0.859. The lowest BCUT2D eigenvalue weighted by Crippen LogP contribution is -2.45. The molecule has 0 radical (unpaired) electrons. The van der Waals surface area contributed by atoms with Crippen LogP contribution in [0, 0.1) is 0 Å². The summed E-state index contributed by atoms with van der Waals surface area (Å²) in [5.41, 5.74) is 1.44. The average Bonchev–Trinajstić information content (AvgIpc) is 3.29. The van der Waals surface area contributed by atoms with E-state index < -0.39 is 0 Å². The minimum absolute atomic E-state index is 0.144. The third kappa shape index (κ3) is 2.66. The maximum Gasteiger partial charge on any atom is 0.253 e. The van der Waals surface area contributed by atoms with Crippen LogP contribution in [0.1, 0.15) is 10.4 Å². The van der Waals surface area contributed by atoms with Gasteiger partial charge < -0.3 is 19.8 Å². The summed E-state index contributed by atoms with van der Waals surface area (Å²) in [6, 6.07) is 7.37. The highest BCUT2D eigenvalue weighted by atomic mass is 16.5. The number of hydrogen-bond acceptors (Lipinski definition) is 4. The van der Waals surface area contributed by atoms with Gasteiger partial charge in [-0.2, -0.15) is 5.10 Å². The molecule has 0 saturated carbocycles. The van der Waals surface area contributed by atoms with Gasteiger partial charge in [-0.3, -0.25) is 9.89 Å². The van der Waals surface area contributed by atoms with Gasteiger partial charge in [0.05, 0.1) is 42.7 Å². The number of hydrogen-bond donors (Lipinski definition) is 3. The lowest BCUT2D eigenvalue weighted by molar-refractivity contribution is 0.0905. The number of aromatic amines is 2. The molecule has 2 aromatic heterocycles. The number of benzene rings is 1. The second-order valence-corrected chi connectivity index (χ2v) is 5.46. The predicted molar refractivity (Wildman–Crippen MR) is 83.4 cm³/mol. The van der Waals surface area contributed by atoms with Crippen molar-refractivity contribution in [2.75, 3.05) is 13.2 Å². The average molecular weight is 312 g/mol. The van der Waals surface area contributed by atoms with Gasteiger partial charge in [0.2, 0.25) is 0 Å². The van der Waals surface area contributed by atoms with Crippen molar-refractivity contribution >= 4 is 16.8 Å². The SMILES string of the molecule is O=C(N[C@@H]1COC[C@@H]1Oc1cn[nH]c1)c1cccc2cc[nH]c12. The highest BCUT2D eigenvalue weighted by Crippen LogP contribution is 2.19. The Bertz CT molecular complexity index is 812. The van der Waals surface area contributed by atoms with Gasteiger partial charge in [0.15, 0.2) is 5.75 Å². The molecular formula is C16H16N4O3. The number of amides is 1. The van der Waals surface area contributed by atoms with Crippen molar-refractivity contribution in [2.24, 2.45) is 0 Å². The Kier molecular flexibility index (Phi) is 3.47. The van der Waals surface area contributed by atoms with Crippen LogP contribution in [0.4, 0.5) is 0 Å². The molecule has 1 aliphatic heterocycles. The van der Waals surface area contributed by atoms with Crippen LogP contribution in [-0.2, 0) is 4.74 Å². The number of rotatable bonds is 4. The molecule has 7 nitrogen and oxygen atoms in total. The second kappa shape index (κ2) is 5.77. The van der Waals surface area contributed by atoms with Gasteiger partial charge in [-0.25, -0.2) is 0 Å². The molecule has 1 amide bonds. The number of aromatic nitrogens is 3. The van der Waals surface area contributed by atoms with Crippen LogP contribution in [0.5, 0.6) is 5.75 Å². The number of ether oxygens (including phenoxy) is 2. The fourth-order valence-electron chi connectivity index (χ4n) is 2.78. The lowest BCUT2D eigenvalue weighted by Gasteiger charge is -2.19. The van der Waals surface area contributed by atoms with Crippen LogP contribution in [0.3, 0.4) is 0 Å². The van der Waals surface area contributed by atoms with Gasteiger partial charge in [0.25, 0.3) is 5.91 Å². The number of para-hydroxylation sites is 1. The normalized spacial score (nSPS) is 20.7. The van der Waals surface area contributed by atoms with E-state index in [1.165, 1.54) is 0 Å². The molecule has 1 aliphatic rings. The molecule has 3 aromatic rings. The topological polar surface area (TPSA) is 92.0 Å². The summed E-state index contributed by atoms with van der Waals surface area (Å²) in [5.74, 6) is 0.487. The van der Waals surface area contributed by atoms with Crippen LogP contribution in [0.2, 0.25) is 0 Å². The fourth-order valence-corrected chi connectivity index (χ4v) is 2.78. The molecule has 1 fully saturated rings. The van der Waals surface area contributed by atoms with Crippen molar-refractivity contribution in [3.63, 3.8) is 0 Å². The van der Waals surface area contributed by atoms with E-state index in [1.54, 1.807) is 18.5 Å². The first kappa shape index (κ1) is 13.8. The largest absolute Gasteiger partial charge is 0.482 e. The molecule has 0 bridgehead atoms. The van der Waals surface area contributed by atoms with E-state index in [4.69, 9.17) is 9.47 Å². The summed E-state index contributed by atoms with van der Waals surface area (Å²) in [6.07, 6.45) is 4.85. The Morgan fingerprint density at radius 3 is 3.17 bits per heavy atom. The molecule has 0 unspecified atom stereocenters. The van der Waals surface area contributed by atoms with Crippen molar-refractivity contribution < 1.29 is 14.3 Å². The number of carbonyl (C=O) groups is 1. The maximum atomic E-state index is 12.6. The van der Waals surface area contributed by atoms with Gasteiger partial charge in [0.1, 0.15) is 6.10 Å². The van der Waals surface area contributed by atoms with Gasteiger partial charge in [0, 0.05) is 11.6 Å². The molecular weight excluding hydrogens is 296 g/mol. The minimum Gasteiger partial charge on any atom is -0.482 e. The zero-order chi connectivity index (χ0) is 15.6. The van der Waals surface area contributed by atoms with E-state index in [2.05, 4.69) is 20.5 Å². The van der Waals surface area contributed by atoms with Gasteiger partial charge in [-0.15, -0.1) is 0 Å². The standard InChI is InChI=1S/C16H16N4O3/c21-16(12-3-1-2-10-4-5-17-15(10)12)20-13-8-22-9-14(13)23-11-6-18-19-7-11/h1-7,13-14,17H,8-9H2,(H,18,19)(H,20,21)/t13-,14+/m1/s1. The Balaban J connectivity index is 1.50. The van der Waals surface area contributed by atoms with E-state index in [-0.39, 0.29) is 18.1 Å².